The molecule has 2 aromatic carbocycles. The molecule has 1 fully saturated rings. The zero-order valence-corrected chi connectivity index (χ0v) is 14.5. The molecule has 0 spiro atoms. The number of hydrogen-bond donors (Lipinski definition) is 0. The summed E-state index contributed by atoms with van der Waals surface area (Å²) in [5.41, 5.74) is 1.22. The average Bonchev–Trinajstić information content (AvgIpc) is 2.75. The fourth-order valence-electron chi connectivity index (χ4n) is 2.67. The molecule has 4 heteroatoms. The van der Waals surface area contributed by atoms with E-state index in [9.17, 15) is 4.39 Å². The van der Waals surface area contributed by atoms with E-state index in [2.05, 4.69) is 0 Å². The van der Waals surface area contributed by atoms with Gasteiger partial charge in [-0.25, -0.2) is 4.39 Å². The van der Waals surface area contributed by atoms with Crippen molar-refractivity contribution in [3.05, 3.63) is 71.5 Å². The summed E-state index contributed by atoms with van der Waals surface area (Å²) in [6.45, 7) is 7.98. The van der Waals surface area contributed by atoms with E-state index in [0.29, 0.717) is 11.0 Å². The van der Waals surface area contributed by atoms with Crippen molar-refractivity contribution < 1.29 is 13.7 Å². The minimum absolute atomic E-state index is 0.283. The predicted octanol–water partition coefficient (Wildman–Crippen LogP) is 5.00. The lowest BCUT2D eigenvalue weighted by Gasteiger charge is -2.32. The van der Waals surface area contributed by atoms with E-state index in [1.807, 2.05) is 70.2 Å². The fraction of sp³-hybridized carbons (Fsp3) is 0.300. The molecule has 0 atom stereocenters. The number of hydrogen-bond acceptors (Lipinski definition) is 2. The summed E-state index contributed by atoms with van der Waals surface area (Å²) in [7, 11) is -0.618. The van der Waals surface area contributed by atoms with Gasteiger partial charge in [0, 0.05) is 5.56 Å². The molecule has 0 unspecified atom stereocenters. The van der Waals surface area contributed by atoms with Crippen LogP contribution in [0.1, 0.15) is 38.8 Å². The van der Waals surface area contributed by atoms with Gasteiger partial charge in [0.1, 0.15) is 5.82 Å². The van der Waals surface area contributed by atoms with E-state index in [4.69, 9.17) is 9.31 Å². The molecule has 1 aliphatic rings. The first kappa shape index (κ1) is 16.9. The molecule has 0 saturated carbocycles. The van der Waals surface area contributed by atoms with Gasteiger partial charge < -0.3 is 9.31 Å². The fourth-order valence-corrected chi connectivity index (χ4v) is 2.67. The first-order chi connectivity index (χ1) is 11.3. The van der Waals surface area contributed by atoms with Crippen LogP contribution >= 0.6 is 0 Å². The molecule has 0 aliphatic carbocycles. The van der Waals surface area contributed by atoms with Gasteiger partial charge in [-0.3, -0.25) is 0 Å². The van der Waals surface area contributed by atoms with Crippen molar-refractivity contribution >= 4 is 18.7 Å². The molecule has 0 aromatic heterocycles. The Labute approximate surface area is 143 Å². The largest absolute Gasteiger partial charge is 0.495 e. The highest BCUT2D eigenvalue weighted by atomic mass is 19.1. The Morgan fingerprint density at radius 3 is 2.00 bits per heavy atom. The van der Waals surface area contributed by atoms with E-state index >= 15 is 0 Å². The van der Waals surface area contributed by atoms with E-state index in [1.165, 1.54) is 6.07 Å². The van der Waals surface area contributed by atoms with E-state index < -0.39 is 18.3 Å². The Hall–Kier alpha value is -1.91. The second kappa shape index (κ2) is 6.19. The van der Waals surface area contributed by atoms with Crippen LogP contribution in [-0.2, 0) is 9.31 Å². The highest BCUT2D eigenvalue weighted by molar-refractivity contribution is 6.70. The highest BCUT2D eigenvalue weighted by Crippen LogP contribution is 2.41. The van der Waals surface area contributed by atoms with Crippen LogP contribution in [0.2, 0.25) is 0 Å². The molecule has 124 valence electrons. The van der Waals surface area contributed by atoms with Crippen molar-refractivity contribution in [1.29, 1.82) is 0 Å². The third-order valence-corrected chi connectivity index (χ3v) is 4.81. The molecule has 24 heavy (non-hydrogen) atoms. The quantitative estimate of drug-likeness (QED) is 0.584. The predicted molar refractivity (Wildman–Crippen MR) is 96.8 cm³/mol. The van der Waals surface area contributed by atoms with Crippen LogP contribution in [-0.4, -0.2) is 18.3 Å². The molecule has 1 saturated heterocycles. The van der Waals surface area contributed by atoms with Gasteiger partial charge in [-0.1, -0.05) is 54.6 Å². The molecule has 0 amide bonds. The minimum Gasteiger partial charge on any atom is -0.399 e. The van der Waals surface area contributed by atoms with Crippen LogP contribution in [0.15, 0.2) is 54.6 Å². The smallest absolute Gasteiger partial charge is 0.399 e. The number of benzene rings is 2. The lowest BCUT2D eigenvalue weighted by Crippen LogP contribution is -2.41. The Morgan fingerprint density at radius 1 is 0.875 bits per heavy atom. The van der Waals surface area contributed by atoms with Crippen molar-refractivity contribution in [2.24, 2.45) is 0 Å². The third-order valence-electron chi connectivity index (χ3n) is 4.81. The SMILES string of the molecule is CC1(C)OB(C(=Cc2ccccc2)c2ccccc2F)OC1(C)C. The highest BCUT2D eigenvalue weighted by Gasteiger charge is 2.52. The van der Waals surface area contributed by atoms with Crippen LogP contribution < -0.4 is 0 Å². The van der Waals surface area contributed by atoms with Crippen molar-refractivity contribution in [3.63, 3.8) is 0 Å². The average molecular weight is 324 g/mol. The molecule has 1 aliphatic heterocycles. The van der Waals surface area contributed by atoms with Gasteiger partial charge in [0.15, 0.2) is 0 Å². The normalized spacial score (nSPS) is 19.5. The molecule has 1 heterocycles. The van der Waals surface area contributed by atoms with Crippen molar-refractivity contribution in [3.8, 4) is 0 Å². The van der Waals surface area contributed by atoms with Gasteiger partial charge >= 0.3 is 7.12 Å². The maximum Gasteiger partial charge on any atom is 0.495 e. The summed E-state index contributed by atoms with van der Waals surface area (Å²) >= 11 is 0. The van der Waals surface area contributed by atoms with Crippen molar-refractivity contribution in [1.82, 2.24) is 0 Å². The first-order valence-electron chi connectivity index (χ1n) is 8.17. The van der Waals surface area contributed by atoms with Gasteiger partial charge in [-0.2, -0.15) is 0 Å². The van der Waals surface area contributed by atoms with Crippen LogP contribution in [0.3, 0.4) is 0 Å². The summed E-state index contributed by atoms with van der Waals surface area (Å²) in [6, 6.07) is 16.5. The summed E-state index contributed by atoms with van der Waals surface area (Å²) < 4.78 is 26.7. The summed E-state index contributed by atoms with van der Waals surface area (Å²) in [6.07, 6.45) is 1.93. The summed E-state index contributed by atoms with van der Waals surface area (Å²) in [5.74, 6) is -0.283. The molecule has 2 aromatic rings. The Bertz CT molecular complexity index is 737. The Balaban J connectivity index is 2.08. The first-order valence-corrected chi connectivity index (χ1v) is 8.17. The Kier molecular flexibility index (Phi) is 4.37. The molecular formula is C20H22BFO2. The van der Waals surface area contributed by atoms with Gasteiger partial charge in [0.25, 0.3) is 0 Å². The van der Waals surface area contributed by atoms with Gasteiger partial charge in [-0.05, 0) is 44.8 Å². The maximum absolute atomic E-state index is 14.4. The zero-order valence-electron chi connectivity index (χ0n) is 14.5. The molecule has 0 N–H and O–H groups in total. The zero-order chi connectivity index (χ0) is 17.4. The lowest BCUT2D eigenvalue weighted by atomic mass is 9.73. The molecule has 2 nitrogen and oxygen atoms in total. The van der Waals surface area contributed by atoms with Gasteiger partial charge in [0.05, 0.1) is 11.2 Å². The summed E-state index contributed by atoms with van der Waals surface area (Å²) in [5, 5.41) is 0. The van der Waals surface area contributed by atoms with Crippen molar-refractivity contribution in [2.75, 3.05) is 0 Å². The van der Waals surface area contributed by atoms with E-state index in [1.54, 1.807) is 12.1 Å². The van der Waals surface area contributed by atoms with E-state index in [-0.39, 0.29) is 5.82 Å². The summed E-state index contributed by atoms with van der Waals surface area (Å²) in [4.78, 5) is 0. The second-order valence-electron chi connectivity index (χ2n) is 7.08. The monoisotopic (exact) mass is 324 g/mol. The third kappa shape index (κ3) is 3.17. The lowest BCUT2D eigenvalue weighted by molar-refractivity contribution is 0.00578. The van der Waals surface area contributed by atoms with E-state index in [0.717, 1.165) is 5.56 Å². The number of halogens is 1. The maximum atomic E-state index is 14.4. The molecule has 3 rings (SSSR count). The van der Waals surface area contributed by atoms with Gasteiger partial charge in [-0.15, -0.1) is 0 Å². The Morgan fingerprint density at radius 2 is 1.42 bits per heavy atom. The molecule has 0 bridgehead atoms. The number of rotatable bonds is 3. The standard InChI is InChI=1S/C20H22BFO2/c1-19(2)20(3,4)24-21(23-19)17(14-15-10-6-5-7-11-15)16-12-8-9-13-18(16)22/h5-14H,1-4H3. The van der Waals surface area contributed by atoms with Crippen molar-refractivity contribution in [2.45, 2.75) is 38.9 Å². The van der Waals surface area contributed by atoms with Crippen LogP contribution in [0, 0.1) is 5.82 Å². The van der Waals surface area contributed by atoms with Crippen LogP contribution in [0.4, 0.5) is 4.39 Å². The minimum atomic E-state index is -0.618. The van der Waals surface area contributed by atoms with Crippen LogP contribution in [0.25, 0.3) is 11.5 Å². The molecule has 0 radical (unpaired) electrons. The topological polar surface area (TPSA) is 18.5 Å². The molecular weight excluding hydrogens is 302 g/mol. The second-order valence-corrected chi connectivity index (χ2v) is 7.08. The van der Waals surface area contributed by atoms with Crippen LogP contribution in [0.5, 0.6) is 0 Å². The van der Waals surface area contributed by atoms with Gasteiger partial charge in [0.2, 0.25) is 0 Å².